The SMILES string of the molecule is COC(=O)c1sc2c([N+](=O)[O-])cccc2c1Cl. The number of hydrogen-bond donors (Lipinski definition) is 0. The molecule has 0 saturated carbocycles. The van der Waals surface area contributed by atoms with E-state index in [0.29, 0.717) is 10.1 Å². The monoisotopic (exact) mass is 271 g/mol. The van der Waals surface area contributed by atoms with E-state index in [4.69, 9.17) is 11.6 Å². The molecule has 5 nitrogen and oxygen atoms in total. The van der Waals surface area contributed by atoms with Crippen LogP contribution in [0, 0.1) is 10.1 Å². The third-order valence-corrected chi connectivity index (χ3v) is 3.91. The zero-order chi connectivity index (χ0) is 12.6. The number of carbonyl (C=O) groups is 1. The molecule has 0 amide bonds. The summed E-state index contributed by atoms with van der Waals surface area (Å²) in [5, 5.41) is 11.5. The maximum atomic E-state index is 11.4. The summed E-state index contributed by atoms with van der Waals surface area (Å²) in [5.74, 6) is -0.592. The summed E-state index contributed by atoms with van der Waals surface area (Å²) < 4.78 is 4.94. The fourth-order valence-corrected chi connectivity index (χ4v) is 2.95. The summed E-state index contributed by atoms with van der Waals surface area (Å²) in [5.41, 5.74) is -0.0652. The molecule has 7 heteroatoms. The van der Waals surface area contributed by atoms with Crippen LogP contribution in [0.25, 0.3) is 10.1 Å². The van der Waals surface area contributed by atoms with Crippen LogP contribution in [-0.2, 0) is 4.74 Å². The van der Waals surface area contributed by atoms with Crippen molar-refractivity contribution >= 4 is 44.7 Å². The Morgan fingerprint density at radius 3 is 2.82 bits per heavy atom. The molecule has 1 heterocycles. The number of rotatable bonds is 2. The van der Waals surface area contributed by atoms with Crippen LogP contribution in [0.3, 0.4) is 0 Å². The minimum absolute atomic E-state index is 0.0652. The molecule has 0 aliphatic heterocycles. The number of carbonyl (C=O) groups excluding carboxylic acids is 1. The number of esters is 1. The molecule has 1 aromatic carbocycles. The minimum Gasteiger partial charge on any atom is -0.465 e. The van der Waals surface area contributed by atoms with E-state index in [2.05, 4.69) is 4.74 Å². The van der Waals surface area contributed by atoms with Crippen molar-refractivity contribution < 1.29 is 14.5 Å². The lowest BCUT2D eigenvalue weighted by molar-refractivity contribution is -0.382. The van der Waals surface area contributed by atoms with Gasteiger partial charge >= 0.3 is 5.97 Å². The second-order valence-corrected chi connectivity index (χ2v) is 4.55. The summed E-state index contributed by atoms with van der Waals surface area (Å²) in [7, 11) is 1.23. The maximum Gasteiger partial charge on any atom is 0.349 e. The number of nitro groups is 1. The molecular weight excluding hydrogens is 266 g/mol. The number of ether oxygens (including phenoxy) is 1. The van der Waals surface area contributed by atoms with E-state index < -0.39 is 10.9 Å². The molecule has 0 bridgehead atoms. The molecule has 0 saturated heterocycles. The van der Waals surface area contributed by atoms with Gasteiger partial charge in [-0.1, -0.05) is 23.7 Å². The van der Waals surface area contributed by atoms with Gasteiger partial charge in [0.05, 0.1) is 17.1 Å². The van der Waals surface area contributed by atoms with Gasteiger partial charge in [-0.3, -0.25) is 10.1 Å². The van der Waals surface area contributed by atoms with Gasteiger partial charge in [0.2, 0.25) is 0 Å². The van der Waals surface area contributed by atoms with Gasteiger partial charge in [-0.25, -0.2) is 4.79 Å². The van der Waals surface area contributed by atoms with Crippen molar-refractivity contribution in [1.82, 2.24) is 0 Å². The number of hydrogen-bond acceptors (Lipinski definition) is 5. The number of non-ortho nitro benzene ring substituents is 1. The predicted octanol–water partition coefficient (Wildman–Crippen LogP) is 3.25. The highest BCUT2D eigenvalue weighted by molar-refractivity contribution is 7.22. The second-order valence-electron chi connectivity index (χ2n) is 3.15. The molecule has 88 valence electrons. The smallest absolute Gasteiger partial charge is 0.349 e. The third-order valence-electron chi connectivity index (χ3n) is 2.20. The minimum atomic E-state index is -0.592. The van der Waals surface area contributed by atoms with Crippen molar-refractivity contribution in [3.05, 3.63) is 38.2 Å². The lowest BCUT2D eigenvalue weighted by Gasteiger charge is -1.93. The summed E-state index contributed by atoms with van der Waals surface area (Å²) in [4.78, 5) is 21.9. The number of halogens is 1. The molecule has 0 aliphatic rings. The van der Waals surface area contributed by atoms with Gasteiger partial charge < -0.3 is 4.74 Å². The molecule has 0 atom stereocenters. The topological polar surface area (TPSA) is 69.4 Å². The van der Waals surface area contributed by atoms with E-state index in [9.17, 15) is 14.9 Å². The lowest BCUT2D eigenvalue weighted by atomic mass is 10.2. The van der Waals surface area contributed by atoms with Crippen molar-refractivity contribution in [2.24, 2.45) is 0 Å². The van der Waals surface area contributed by atoms with Gasteiger partial charge in [0.1, 0.15) is 9.58 Å². The van der Waals surface area contributed by atoms with Crippen LogP contribution in [0.2, 0.25) is 5.02 Å². The lowest BCUT2D eigenvalue weighted by Crippen LogP contribution is -1.97. The largest absolute Gasteiger partial charge is 0.465 e. The highest BCUT2D eigenvalue weighted by Gasteiger charge is 2.22. The Morgan fingerprint density at radius 1 is 1.53 bits per heavy atom. The Morgan fingerprint density at radius 2 is 2.24 bits per heavy atom. The highest BCUT2D eigenvalue weighted by Crippen LogP contribution is 2.40. The van der Waals surface area contributed by atoms with E-state index in [1.54, 1.807) is 6.07 Å². The van der Waals surface area contributed by atoms with E-state index in [1.807, 2.05) is 0 Å². The van der Waals surface area contributed by atoms with Crippen molar-refractivity contribution in [1.29, 1.82) is 0 Å². The molecule has 0 spiro atoms. The first-order chi connectivity index (χ1) is 8.06. The van der Waals surface area contributed by atoms with Gasteiger partial charge in [0.25, 0.3) is 5.69 Å². The summed E-state index contributed by atoms with van der Waals surface area (Å²) in [6.07, 6.45) is 0. The number of fused-ring (bicyclic) bond motifs is 1. The van der Waals surface area contributed by atoms with Crippen LogP contribution in [0.4, 0.5) is 5.69 Å². The quantitative estimate of drug-likeness (QED) is 0.478. The molecule has 0 fully saturated rings. The van der Waals surface area contributed by atoms with Crippen molar-refractivity contribution in [3.63, 3.8) is 0 Å². The average Bonchev–Trinajstić information content (AvgIpc) is 2.66. The van der Waals surface area contributed by atoms with Crippen molar-refractivity contribution in [2.45, 2.75) is 0 Å². The van der Waals surface area contributed by atoms with Crippen LogP contribution in [0.1, 0.15) is 9.67 Å². The molecule has 17 heavy (non-hydrogen) atoms. The summed E-state index contributed by atoms with van der Waals surface area (Å²) in [6, 6.07) is 4.53. The molecular formula is C10H6ClNO4S. The Hall–Kier alpha value is -1.66. The first kappa shape index (κ1) is 11.8. The van der Waals surface area contributed by atoms with Gasteiger partial charge in [-0.2, -0.15) is 0 Å². The normalized spacial score (nSPS) is 10.5. The van der Waals surface area contributed by atoms with Gasteiger partial charge in [-0.15, -0.1) is 11.3 Å². The average molecular weight is 272 g/mol. The van der Waals surface area contributed by atoms with Crippen molar-refractivity contribution in [3.8, 4) is 0 Å². The molecule has 0 radical (unpaired) electrons. The number of benzene rings is 1. The first-order valence-electron chi connectivity index (χ1n) is 4.50. The number of nitrogens with zero attached hydrogens (tertiary/aromatic N) is 1. The Bertz CT molecular complexity index is 622. The van der Waals surface area contributed by atoms with Gasteiger partial charge in [0, 0.05) is 11.5 Å². The summed E-state index contributed by atoms with van der Waals surface area (Å²) >= 11 is 6.96. The first-order valence-corrected chi connectivity index (χ1v) is 5.69. The van der Waals surface area contributed by atoms with Gasteiger partial charge in [-0.05, 0) is 0 Å². The van der Waals surface area contributed by atoms with E-state index in [1.165, 1.54) is 19.2 Å². The Kier molecular flexibility index (Phi) is 2.99. The maximum absolute atomic E-state index is 11.4. The fraction of sp³-hybridized carbons (Fsp3) is 0.100. The van der Waals surface area contributed by atoms with E-state index in [0.717, 1.165) is 11.3 Å². The third kappa shape index (κ3) is 1.85. The molecule has 2 rings (SSSR count). The molecule has 0 aliphatic carbocycles. The molecule has 0 unspecified atom stereocenters. The van der Waals surface area contributed by atoms with Crippen LogP contribution in [0.15, 0.2) is 18.2 Å². The van der Waals surface area contributed by atoms with Crippen LogP contribution in [0.5, 0.6) is 0 Å². The molecule has 1 aromatic heterocycles. The zero-order valence-corrected chi connectivity index (χ0v) is 10.2. The standard InChI is InChI=1S/C10H6ClNO4S/c1-16-10(13)9-7(11)5-3-2-4-6(12(14)15)8(5)17-9/h2-4H,1H3. The second kappa shape index (κ2) is 4.31. The van der Waals surface area contributed by atoms with Crippen LogP contribution in [-0.4, -0.2) is 18.0 Å². The molecule has 0 N–H and O–H groups in total. The van der Waals surface area contributed by atoms with Gasteiger partial charge in [0.15, 0.2) is 0 Å². The zero-order valence-electron chi connectivity index (χ0n) is 8.60. The highest BCUT2D eigenvalue weighted by atomic mass is 35.5. The van der Waals surface area contributed by atoms with E-state index >= 15 is 0 Å². The number of nitro benzene ring substituents is 1. The van der Waals surface area contributed by atoms with Crippen LogP contribution < -0.4 is 0 Å². The predicted molar refractivity (Wildman–Crippen MR) is 64.8 cm³/mol. The van der Waals surface area contributed by atoms with Crippen molar-refractivity contribution in [2.75, 3.05) is 7.11 Å². The van der Waals surface area contributed by atoms with E-state index in [-0.39, 0.29) is 15.6 Å². The fourth-order valence-electron chi connectivity index (χ4n) is 1.44. The Balaban J connectivity index is 2.77. The molecule has 2 aromatic rings. The number of methoxy groups -OCH3 is 1. The Labute approximate surface area is 105 Å². The van der Waals surface area contributed by atoms with Crippen LogP contribution >= 0.6 is 22.9 Å². The number of thiophene rings is 1. The summed E-state index contributed by atoms with van der Waals surface area (Å²) in [6.45, 7) is 0.